The Labute approximate surface area is 113 Å². The zero-order valence-electron chi connectivity index (χ0n) is 12.4. The number of nitrogens with zero attached hydrogens (tertiary/aromatic N) is 1. The van der Waals surface area contributed by atoms with E-state index in [1.165, 1.54) is 64.5 Å². The van der Waals surface area contributed by atoms with E-state index in [2.05, 4.69) is 18.7 Å². The number of piperidine rings is 1. The first-order valence-corrected chi connectivity index (χ1v) is 8.16. The minimum atomic E-state index is 0.463. The number of likely N-dealkylation sites (tertiary alicyclic amines) is 1. The number of hydrogen-bond acceptors (Lipinski definition) is 2. The predicted octanol–water partition coefficient (Wildman–Crippen LogP) is 3.40. The van der Waals surface area contributed by atoms with Crippen LogP contribution in [-0.4, -0.2) is 30.1 Å². The zero-order chi connectivity index (χ0) is 13.0. The van der Waals surface area contributed by atoms with Crippen LogP contribution in [0.1, 0.15) is 65.2 Å². The lowest BCUT2D eigenvalue weighted by Gasteiger charge is -2.39. The minimum absolute atomic E-state index is 0.463. The van der Waals surface area contributed by atoms with Crippen molar-refractivity contribution >= 4 is 0 Å². The third kappa shape index (κ3) is 3.96. The molecule has 0 amide bonds. The van der Waals surface area contributed by atoms with Crippen LogP contribution in [0.3, 0.4) is 0 Å². The second-order valence-electron chi connectivity index (χ2n) is 6.98. The van der Waals surface area contributed by atoms with Gasteiger partial charge >= 0.3 is 0 Å². The average molecular weight is 252 g/mol. The van der Waals surface area contributed by atoms with Crippen molar-refractivity contribution in [2.45, 2.75) is 77.3 Å². The molecule has 0 aromatic rings. The normalized spacial score (nSPS) is 29.0. The molecule has 0 spiro atoms. The first-order valence-electron chi connectivity index (χ1n) is 8.16. The van der Waals surface area contributed by atoms with E-state index in [0.29, 0.717) is 6.04 Å². The van der Waals surface area contributed by atoms with E-state index in [0.717, 1.165) is 17.9 Å². The molecule has 106 valence electrons. The number of nitrogens with two attached hydrogens (primary N) is 1. The highest BCUT2D eigenvalue weighted by Gasteiger charge is 2.29. The van der Waals surface area contributed by atoms with E-state index in [1.54, 1.807) is 0 Å². The maximum atomic E-state index is 6.48. The van der Waals surface area contributed by atoms with Gasteiger partial charge in [-0.15, -0.1) is 0 Å². The molecule has 0 bridgehead atoms. The Kier molecular flexibility index (Phi) is 5.50. The molecule has 1 heterocycles. The van der Waals surface area contributed by atoms with Gasteiger partial charge in [-0.1, -0.05) is 33.1 Å². The van der Waals surface area contributed by atoms with Crippen molar-refractivity contribution < 1.29 is 0 Å². The van der Waals surface area contributed by atoms with E-state index in [-0.39, 0.29) is 0 Å². The predicted molar refractivity (Wildman–Crippen MR) is 78.6 cm³/mol. The molecule has 2 rings (SSSR count). The van der Waals surface area contributed by atoms with Crippen LogP contribution in [-0.2, 0) is 0 Å². The molecule has 0 radical (unpaired) electrons. The molecule has 2 unspecified atom stereocenters. The smallest absolute Gasteiger partial charge is 0.0110 e. The third-order valence-corrected chi connectivity index (χ3v) is 4.90. The van der Waals surface area contributed by atoms with Crippen molar-refractivity contribution in [1.29, 1.82) is 0 Å². The molecule has 1 saturated carbocycles. The molecule has 0 aromatic heterocycles. The summed E-state index contributed by atoms with van der Waals surface area (Å²) < 4.78 is 0. The maximum absolute atomic E-state index is 6.48. The van der Waals surface area contributed by atoms with Gasteiger partial charge in [-0.05, 0) is 50.5 Å². The van der Waals surface area contributed by atoms with Gasteiger partial charge in [-0.2, -0.15) is 0 Å². The molecule has 1 aliphatic carbocycles. The molecular formula is C16H32N2. The highest BCUT2D eigenvalue weighted by molar-refractivity contribution is 4.85. The van der Waals surface area contributed by atoms with Crippen molar-refractivity contribution in [3.63, 3.8) is 0 Å². The Bertz CT molecular complexity index is 233. The van der Waals surface area contributed by atoms with Crippen molar-refractivity contribution in [3.05, 3.63) is 0 Å². The largest absolute Gasteiger partial charge is 0.327 e. The van der Waals surface area contributed by atoms with Crippen molar-refractivity contribution in [3.8, 4) is 0 Å². The summed E-state index contributed by atoms with van der Waals surface area (Å²) in [6.45, 7) is 7.24. The highest BCUT2D eigenvalue weighted by Crippen LogP contribution is 2.31. The average Bonchev–Trinajstić information content (AvgIpc) is 2.84. The fourth-order valence-electron chi connectivity index (χ4n) is 3.93. The molecule has 2 atom stereocenters. The third-order valence-electron chi connectivity index (χ3n) is 4.90. The van der Waals surface area contributed by atoms with Crippen LogP contribution in [0, 0.1) is 11.8 Å². The zero-order valence-corrected chi connectivity index (χ0v) is 12.4. The Balaban J connectivity index is 1.84. The molecule has 18 heavy (non-hydrogen) atoms. The van der Waals surface area contributed by atoms with Gasteiger partial charge in [0.05, 0.1) is 0 Å². The van der Waals surface area contributed by atoms with E-state index in [4.69, 9.17) is 5.73 Å². The van der Waals surface area contributed by atoms with Crippen LogP contribution < -0.4 is 5.73 Å². The van der Waals surface area contributed by atoms with Gasteiger partial charge in [0.25, 0.3) is 0 Å². The van der Waals surface area contributed by atoms with Crippen LogP contribution in [0.5, 0.6) is 0 Å². The lowest BCUT2D eigenvalue weighted by molar-refractivity contribution is 0.113. The molecule has 2 N–H and O–H groups in total. The quantitative estimate of drug-likeness (QED) is 0.812. The summed E-state index contributed by atoms with van der Waals surface area (Å²) in [4.78, 5) is 2.73. The van der Waals surface area contributed by atoms with Crippen molar-refractivity contribution in [2.75, 3.05) is 13.1 Å². The molecule has 0 aromatic carbocycles. The van der Waals surface area contributed by atoms with Crippen LogP contribution in [0.2, 0.25) is 0 Å². The molecule has 1 aliphatic heterocycles. The highest BCUT2D eigenvalue weighted by atomic mass is 15.2. The van der Waals surface area contributed by atoms with Gasteiger partial charge in [0.1, 0.15) is 0 Å². The summed E-state index contributed by atoms with van der Waals surface area (Å²) in [6, 6.07) is 1.24. The van der Waals surface area contributed by atoms with Gasteiger partial charge < -0.3 is 10.6 Å². The van der Waals surface area contributed by atoms with E-state index >= 15 is 0 Å². The van der Waals surface area contributed by atoms with E-state index < -0.39 is 0 Å². The molecule has 1 saturated heterocycles. The monoisotopic (exact) mass is 252 g/mol. The van der Waals surface area contributed by atoms with Crippen LogP contribution in [0.4, 0.5) is 0 Å². The molecule has 2 heteroatoms. The fourth-order valence-corrected chi connectivity index (χ4v) is 3.93. The van der Waals surface area contributed by atoms with Gasteiger partial charge in [0.2, 0.25) is 0 Å². The summed E-state index contributed by atoms with van der Waals surface area (Å²) in [6.07, 6.45) is 11.0. The number of hydrogen-bond donors (Lipinski definition) is 1. The van der Waals surface area contributed by atoms with Crippen LogP contribution in [0.25, 0.3) is 0 Å². The second-order valence-corrected chi connectivity index (χ2v) is 6.98. The molecule has 2 nitrogen and oxygen atoms in total. The summed E-state index contributed by atoms with van der Waals surface area (Å²) in [5.41, 5.74) is 6.48. The second kappa shape index (κ2) is 6.91. The van der Waals surface area contributed by atoms with E-state index in [9.17, 15) is 0 Å². The van der Waals surface area contributed by atoms with Crippen molar-refractivity contribution in [1.82, 2.24) is 4.90 Å². The lowest BCUT2D eigenvalue weighted by Crippen LogP contribution is -2.45. The first kappa shape index (κ1) is 14.3. The maximum Gasteiger partial charge on any atom is 0.0110 e. The van der Waals surface area contributed by atoms with Gasteiger partial charge in [-0.25, -0.2) is 0 Å². The Hall–Kier alpha value is -0.0800. The Morgan fingerprint density at radius 1 is 1.06 bits per heavy atom. The molecular weight excluding hydrogens is 220 g/mol. The van der Waals surface area contributed by atoms with Crippen LogP contribution in [0.15, 0.2) is 0 Å². The molecule has 2 fully saturated rings. The van der Waals surface area contributed by atoms with Crippen molar-refractivity contribution in [2.24, 2.45) is 17.6 Å². The SMILES string of the molecule is CC(C)CN1CCCCC1CC(N)C1CCCC1. The minimum Gasteiger partial charge on any atom is -0.327 e. The van der Waals surface area contributed by atoms with Gasteiger partial charge in [0.15, 0.2) is 0 Å². The Morgan fingerprint density at radius 3 is 2.39 bits per heavy atom. The van der Waals surface area contributed by atoms with Crippen LogP contribution >= 0.6 is 0 Å². The van der Waals surface area contributed by atoms with E-state index in [1.807, 2.05) is 0 Å². The Morgan fingerprint density at radius 2 is 1.72 bits per heavy atom. The number of rotatable bonds is 5. The molecule has 2 aliphatic rings. The fraction of sp³-hybridized carbons (Fsp3) is 1.00. The topological polar surface area (TPSA) is 29.3 Å². The standard InChI is InChI=1S/C16H32N2/c1-13(2)12-18-10-6-5-9-15(18)11-16(17)14-7-3-4-8-14/h13-16H,3-12,17H2,1-2H3. The summed E-state index contributed by atoms with van der Waals surface area (Å²) in [5.74, 6) is 1.61. The lowest BCUT2D eigenvalue weighted by atomic mass is 9.88. The summed E-state index contributed by atoms with van der Waals surface area (Å²) in [7, 11) is 0. The summed E-state index contributed by atoms with van der Waals surface area (Å²) in [5, 5.41) is 0. The summed E-state index contributed by atoms with van der Waals surface area (Å²) >= 11 is 0. The van der Waals surface area contributed by atoms with Gasteiger partial charge in [0, 0.05) is 18.6 Å². The van der Waals surface area contributed by atoms with Gasteiger partial charge in [-0.3, -0.25) is 0 Å². The first-order chi connectivity index (χ1) is 8.66.